The Morgan fingerprint density at radius 1 is 0.745 bits per heavy atom. The molecule has 0 aliphatic carbocycles. The van der Waals surface area contributed by atoms with E-state index in [4.69, 9.17) is 21.0 Å². The molecule has 4 aliphatic rings. The van der Waals surface area contributed by atoms with Crippen LogP contribution in [-0.2, 0) is 38.2 Å². The van der Waals surface area contributed by atoms with E-state index < -0.39 is 36.4 Å². The molecule has 19 heteroatoms. The molecular formula is C36H59F2IN8O8. The molecule has 0 bridgehead atoms. The summed E-state index contributed by atoms with van der Waals surface area (Å²) in [6.07, 6.45) is 1.26. The lowest BCUT2D eigenvalue weighted by atomic mass is 9.89. The minimum atomic E-state index is -1.15. The number of esters is 2. The molecule has 0 aromatic carbocycles. The third-order valence-corrected chi connectivity index (χ3v) is 9.68. The van der Waals surface area contributed by atoms with Gasteiger partial charge in [0.1, 0.15) is 24.4 Å². The summed E-state index contributed by atoms with van der Waals surface area (Å²) >= 11 is 0. The number of carbonyl (C=O) groups excluding carboxylic acids is 6. The molecule has 16 nitrogen and oxygen atoms in total. The number of halogens is 3. The number of nitrogens with two attached hydrogens (primary N) is 1. The summed E-state index contributed by atoms with van der Waals surface area (Å²) < 4.78 is 35.6. The molecule has 0 aromatic rings. The number of rotatable bonds is 8. The Kier molecular flexibility index (Phi) is 22.4. The zero-order valence-corrected chi connectivity index (χ0v) is 34.1. The summed E-state index contributed by atoms with van der Waals surface area (Å²) in [6, 6.07) is 2.64. The largest absolute Gasteiger partial charge is 0.456 e. The van der Waals surface area contributed by atoms with E-state index in [1.165, 1.54) is 23.6 Å². The molecule has 4 aliphatic heterocycles. The Bertz CT molecular complexity index is 1390. The van der Waals surface area contributed by atoms with Gasteiger partial charge in [-0.2, -0.15) is 10.5 Å². The Balaban J connectivity index is 0.000000856. The number of carbonyl (C=O) groups is 6. The van der Waals surface area contributed by atoms with Crippen LogP contribution >= 0.6 is 24.0 Å². The normalized spacial score (nSPS) is 23.4. The minimum Gasteiger partial charge on any atom is -0.456 e. The Labute approximate surface area is 340 Å². The van der Waals surface area contributed by atoms with E-state index in [1.54, 1.807) is 16.7 Å². The number of ether oxygens (including phenoxy) is 2. The van der Waals surface area contributed by atoms with Crippen LogP contribution in [0.15, 0.2) is 0 Å². The first kappa shape index (κ1) is 51.3. The molecule has 0 saturated carbocycles. The maximum atomic E-state index is 13.4. The smallest absolute Gasteiger partial charge is 0.303 e. The molecule has 4 rings (SSSR count). The summed E-state index contributed by atoms with van der Waals surface area (Å²) in [6.45, 7) is 10.2. The molecule has 4 amide bonds. The molecule has 4 atom stereocenters. The number of nitrogens with one attached hydrogen (secondary N) is 1. The Morgan fingerprint density at radius 3 is 1.49 bits per heavy atom. The van der Waals surface area contributed by atoms with Gasteiger partial charge in [-0.3, -0.25) is 28.8 Å². The van der Waals surface area contributed by atoms with Crippen molar-refractivity contribution in [3.63, 3.8) is 0 Å². The van der Waals surface area contributed by atoms with Crippen molar-refractivity contribution in [2.24, 2.45) is 5.73 Å². The second-order valence-electron chi connectivity index (χ2n) is 14.3. The van der Waals surface area contributed by atoms with Gasteiger partial charge < -0.3 is 40.1 Å². The van der Waals surface area contributed by atoms with Crippen molar-refractivity contribution in [3.8, 4) is 12.1 Å². The van der Waals surface area contributed by atoms with E-state index in [9.17, 15) is 37.5 Å². The lowest BCUT2D eigenvalue weighted by Gasteiger charge is -2.40. The fourth-order valence-electron chi connectivity index (χ4n) is 6.16. The van der Waals surface area contributed by atoms with Crippen molar-refractivity contribution in [2.75, 3.05) is 59.0 Å². The van der Waals surface area contributed by atoms with Gasteiger partial charge in [0, 0.05) is 70.4 Å². The van der Waals surface area contributed by atoms with Gasteiger partial charge in [-0.1, -0.05) is 14.4 Å². The van der Waals surface area contributed by atoms with Crippen molar-refractivity contribution in [1.82, 2.24) is 24.9 Å². The zero-order valence-electron chi connectivity index (χ0n) is 31.8. The van der Waals surface area contributed by atoms with Crippen LogP contribution in [0.5, 0.6) is 0 Å². The average Bonchev–Trinajstić information content (AvgIpc) is 3.70. The van der Waals surface area contributed by atoms with Gasteiger partial charge in [-0.05, 0) is 39.5 Å². The van der Waals surface area contributed by atoms with Crippen molar-refractivity contribution in [1.29, 1.82) is 10.5 Å². The molecule has 4 fully saturated rings. The van der Waals surface area contributed by atoms with E-state index in [0.29, 0.717) is 45.4 Å². The number of alkyl halides is 2. The predicted molar refractivity (Wildman–Crippen MR) is 208 cm³/mol. The molecule has 3 N–H and O–H groups in total. The summed E-state index contributed by atoms with van der Waals surface area (Å²) in [7, 11) is 0. The van der Waals surface area contributed by atoms with Crippen LogP contribution in [0.3, 0.4) is 0 Å². The average molecular weight is 897 g/mol. The number of nitriles is 2. The molecular weight excluding hydrogens is 837 g/mol. The lowest BCUT2D eigenvalue weighted by molar-refractivity contribution is -0.151. The van der Waals surface area contributed by atoms with Crippen LogP contribution in [0, 0.1) is 22.7 Å². The highest BCUT2D eigenvalue weighted by Gasteiger charge is 2.38. The minimum absolute atomic E-state index is 0. The number of piperidine rings is 2. The molecule has 4 heterocycles. The highest BCUT2D eigenvalue weighted by Crippen LogP contribution is 2.24. The van der Waals surface area contributed by atoms with Gasteiger partial charge in [-0.15, -0.1) is 24.0 Å². The van der Waals surface area contributed by atoms with Crippen molar-refractivity contribution < 1.29 is 47.0 Å². The van der Waals surface area contributed by atoms with Crippen molar-refractivity contribution in [2.45, 2.75) is 122 Å². The van der Waals surface area contributed by atoms with E-state index >= 15 is 0 Å². The fourth-order valence-corrected chi connectivity index (χ4v) is 6.16. The number of amides is 4. The maximum absolute atomic E-state index is 13.4. The van der Waals surface area contributed by atoms with Crippen LogP contribution in [0.4, 0.5) is 8.78 Å². The highest BCUT2D eigenvalue weighted by atomic mass is 127. The predicted octanol–water partition coefficient (Wildman–Crippen LogP) is 1.99. The number of hydrogen-bond acceptors (Lipinski definition) is 12. The number of hydrogen-bond donors (Lipinski definition) is 2. The van der Waals surface area contributed by atoms with Crippen molar-refractivity contribution >= 4 is 59.5 Å². The lowest BCUT2D eigenvalue weighted by Crippen LogP contribution is -2.55. The molecule has 4 saturated heterocycles. The van der Waals surface area contributed by atoms with Gasteiger partial charge in [0.05, 0.1) is 31.8 Å². The zero-order chi connectivity index (χ0) is 39.9. The number of nitrogens with zero attached hydrogens (tertiary/aromatic N) is 6. The number of likely N-dealkylation sites (tertiary alicyclic amines) is 4. The van der Waals surface area contributed by atoms with Crippen LogP contribution in [0.1, 0.15) is 87.0 Å². The summed E-state index contributed by atoms with van der Waals surface area (Å²) in [4.78, 5) is 74.1. The van der Waals surface area contributed by atoms with Crippen LogP contribution in [-0.4, -0.2) is 150 Å². The summed E-state index contributed by atoms with van der Waals surface area (Å²) in [5.74, 6) is -1.72. The third kappa shape index (κ3) is 17.3. The van der Waals surface area contributed by atoms with Crippen LogP contribution < -0.4 is 11.1 Å². The first-order valence-corrected chi connectivity index (χ1v) is 17.9. The Morgan fingerprint density at radius 2 is 1.13 bits per heavy atom. The van der Waals surface area contributed by atoms with E-state index in [0.717, 1.165) is 12.8 Å². The fraction of sp³-hybridized carbons (Fsp3) is 0.778. The van der Waals surface area contributed by atoms with E-state index in [1.807, 2.05) is 26.0 Å². The van der Waals surface area contributed by atoms with Crippen molar-refractivity contribution in [3.05, 3.63) is 0 Å². The molecule has 55 heavy (non-hydrogen) atoms. The summed E-state index contributed by atoms with van der Waals surface area (Å²) in [5.41, 5.74) is 5.44. The quantitative estimate of drug-likeness (QED) is 0.264. The summed E-state index contributed by atoms with van der Waals surface area (Å²) in [5, 5.41) is 20.8. The molecule has 0 unspecified atom stereocenters. The van der Waals surface area contributed by atoms with Gasteiger partial charge in [0.15, 0.2) is 13.2 Å². The maximum Gasteiger partial charge on any atom is 0.303 e. The second-order valence-corrected chi connectivity index (χ2v) is 14.3. The Hall–Kier alpha value is -3.69. The van der Waals surface area contributed by atoms with E-state index in [2.05, 4.69) is 10.1 Å². The van der Waals surface area contributed by atoms with Gasteiger partial charge in [0.2, 0.25) is 11.8 Å². The van der Waals surface area contributed by atoms with Gasteiger partial charge in [-0.25, -0.2) is 8.78 Å². The van der Waals surface area contributed by atoms with E-state index in [-0.39, 0.29) is 112 Å². The van der Waals surface area contributed by atoms with Crippen LogP contribution in [0.25, 0.3) is 0 Å². The molecule has 0 radical (unpaired) electrons. The standard InChI is InChI=1S/C17H25FN4O4.C10H18N2O3.C8H11FN2O.CH4.HI/c1-12(23)26-11-16(25)21-5-3-17(2,4-6-21)20-9-15(24)22-10-13(18)7-14(22)8-19;1-8(13)15-7-9(14)12-5-3-10(2,11)4-6-12;1-2-8(12)11-5-6(9)3-7(11)4-10;;/h13-14,20H,3-7,9-11H2,1-2H3;3-7,11H2,1-2H3;6-7H,2-3,5H2,1H3;1H4;1H/t13-,14-;;6-,7-;;/m0.0../s1. The SMILES string of the molecule is C.CC(=O)OCC(=O)N1CCC(C)(N)CC1.CC(=O)OCC(=O)N1CCC(C)(NCC(=O)N2C[C@@H](F)C[C@H]2C#N)CC1.CCC(=O)N1C[C@@H](F)C[C@H]1C#N.I. The monoisotopic (exact) mass is 896 g/mol. The topological polar surface area (TPSA) is 219 Å². The van der Waals surface area contributed by atoms with Crippen LogP contribution in [0.2, 0.25) is 0 Å². The third-order valence-electron chi connectivity index (χ3n) is 9.68. The first-order chi connectivity index (χ1) is 24.8. The molecule has 312 valence electrons. The first-order valence-electron chi connectivity index (χ1n) is 17.9. The molecule has 0 spiro atoms. The molecule has 0 aromatic heterocycles. The highest BCUT2D eigenvalue weighted by molar-refractivity contribution is 14.0. The van der Waals surface area contributed by atoms with Gasteiger partial charge >= 0.3 is 11.9 Å². The second kappa shape index (κ2) is 24.1. The van der Waals surface area contributed by atoms with Gasteiger partial charge in [0.25, 0.3) is 11.8 Å².